The molecule has 0 fully saturated rings. The van der Waals surface area contributed by atoms with E-state index in [4.69, 9.17) is 56.8 Å². The van der Waals surface area contributed by atoms with Crippen molar-refractivity contribution in [3.63, 3.8) is 0 Å². The minimum absolute atomic E-state index is 0. The Bertz CT molecular complexity index is 2760. The van der Waals surface area contributed by atoms with E-state index in [9.17, 15) is 15.3 Å². The van der Waals surface area contributed by atoms with E-state index < -0.39 is 0 Å². The van der Waals surface area contributed by atoms with Gasteiger partial charge in [0.15, 0.2) is 69.0 Å². The first kappa shape index (κ1) is 58.5. The summed E-state index contributed by atoms with van der Waals surface area (Å²) in [5, 5.41) is 33.2. The standard InChI is InChI=1S/C18H18O5.2C18H20O5.U.V/c1-20-14-9-12-10(7-13(14)19)5-6-11-8-15(21-2)17(22-3)18(23-4)16(11)12;2*1-20-15-8-7-12(9-14(15)19)5-6-13-10-16(21-2)18(23-4)17(11-13)22-3;;/h5-9,19H,1-4H3;2*5-11,19H,1-4H3;;/b;6-5+;6-5-;;. The van der Waals surface area contributed by atoms with Crippen LogP contribution in [0.2, 0.25) is 0 Å². The predicted octanol–water partition coefficient (Wildman–Crippen LogP) is 10.9. The molecule has 7 aromatic rings. The van der Waals surface area contributed by atoms with Crippen molar-refractivity contribution in [2.24, 2.45) is 0 Å². The number of benzene rings is 7. The number of hydrogen-bond acceptors (Lipinski definition) is 15. The fraction of sp³-hybridized carbons (Fsp3) is 0.222. The molecule has 7 rings (SSSR count). The van der Waals surface area contributed by atoms with Gasteiger partial charge in [-0.15, -0.1) is 0 Å². The topological polar surface area (TPSA) is 171 Å². The van der Waals surface area contributed by atoms with Crippen LogP contribution >= 0.6 is 0 Å². The second-order valence-electron chi connectivity index (χ2n) is 14.5. The molecule has 0 amide bonds. The Morgan fingerprint density at radius 2 is 0.634 bits per heavy atom. The SMILES string of the molecule is COc1cc2c(ccc3cc(OC)c(OC)c(OC)c32)cc1O.COc1ccc(/C=C/c2cc(OC)c(OC)c(OC)c2)cc1O.COc1ccc(/C=C\c2cc(OC)c(OC)c(OC)c2)cc1O.[U].[V]. The maximum atomic E-state index is 9.99. The molecule has 3 N–H and O–H groups in total. The summed E-state index contributed by atoms with van der Waals surface area (Å²) in [4.78, 5) is 0. The van der Waals surface area contributed by atoms with Gasteiger partial charge in [0.2, 0.25) is 17.2 Å². The van der Waals surface area contributed by atoms with Crippen molar-refractivity contribution in [3.8, 4) is 86.2 Å². The van der Waals surface area contributed by atoms with Crippen LogP contribution in [-0.4, -0.2) is 101 Å². The molecule has 0 heterocycles. The molecule has 0 atom stereocenters. The van der Waals surface area contributed by atoms with Crippen molar-refractivity contribution in [2.45, 2.75) is 0 Å². The maximum absolute atomic E-state index is 9.99. The van der Waals surface area contributed by atoms with Crippen molar-refractivity contribution in [2.75, 3.05) is 85.3 Å². The molecule has 0 aliphatic carbocycles. The van der Waals surface area contributed by atoms with Gasteiger partial charge < -0.3 is 72.2 Å². The van der Waals surface area contributed by atoms with Gasteiger partial charge in [0.25, 0.3) is 0 Å². The molecule has 0 aliphatic heterocycles. The summed E-state index contributed by atoms with van der Waals surface area (Å²) in [6.07, 6.45) is 7.54. The molecule has 17 heteroatoms. The third-order valence-corrected chi connectivity index (χ3v) is 10.6. The van der Waals surface area contributed by atoms with E-state index in [2.05, 4.69) is 0 Å². The van der Waals surface area contributed by atoms with Gasteiger partial charge in [-0.1, -0.05) is 48.6 Å². The average Bonchev–Trinajstić information content (AvgIpc) is 3.38. The molecule has 0 saturated heterocycles. The second kappa shape index (κ2) is 28.1. The van der Waals surface area contributed by atoms with Crippen LogP contribution in [0, 0.1) is 31.1 Å². The Hall–Kier alpha value is -6.82. The van der Waals surface area contributed by atoms with Gasteiger partial charge in [-0.2, -0.15) is 0 Å². The van der Waals surface area contributed by atoms with Crippen molar-refractivity contribution in [1.29, 1.82) is 0 Å². The van der Waals surface area contributed by atoms with Gasteiger partial charge in [0.05, 0.1) is 85.3 Å². The maximum Gasteiger partial charge on any atom is 0.203 e. The summed E-state index contributed by atoms with van der Waals surface area (Å²) in [7, 11) is 18.7. The van der Waals surface area contributed by atoms with E-state index in [0.717, 1.165) is 43.8 Å². The van der Waals surface area contributed by atoms with E-state index in [-0.39, 0.29) is 66.9 Å². The summed E-state index contributed by atoms with van der Waals surface area (Å²) in [6.45, 7) is 0. The summed E-state index contributed by atoms with van der Waals surface area (Å²) >= 11 is 0. The fourth-order valence-corrected chi connectivity index (χ4v) is 7.27. The van der Waals surface area contributed by atoms with Crippen LogP contribution in [-0.2, 0) is 18.6 Å². The van der Waals surface area contributed by atoms with E-state index in [1.165, 1.54) is 21.3 Å². The van der Waals surface area contributed by atoms with Gasteiger partial charge in [-0.3, -0.25) is 0 Å². The molecular formula is C54H58O15UV. The average molecular weight is 1240 g/mol. The van der Waals surface area contributed by atoms with Gasteiger partial charge in [-0.25, -0.2) is 0 Å². The number of fused-ring (bicyclic) bond motifs is 3. The third-order valence-electron chi connectivity index (χ3n) is 10.6. The second-order valence-corrected chi connectivity index (χ2v) is 14.5. The van der Waals surface area contributed by atoms with E-state index in [0.29, 0.717) is 69.0 Å². The molecule has 0 aliphatic rings. The van der Waals surface area contributed by atoms with Gasteiger partial charge >= 0.3 is 0 Å². The molecule has 0 unspecified atom stereocenters. The molecule has 0 bridgehead atoms. The minimum Gasteiger partial charge on any atom is -0.504 e. The van der Waals surface area contributed by atoms with E-state index in [1.807, 2.05) is 78.9 Å². The zero-order valence-electron chi connectivity index (χ0n) is 41.7. The smallest absolute Gasteiger partial charge is 0.203 e. The van der Waals surface area contributed by atoms with Crippen molar-refractivity contribution >= 4 is 45.8 Å². The molecule has 7 aromatic carbocycles. The van der Waals surface area contributed by atoms with Crippen LogP contribution in [0.3, 0.4) is 0 Å². The molecule has 15 nitrogen and oxygen atoms in total. The van der Waals surface area contributed by atoms with Crippen LogP contribution < -0.4 is 56.8 Å². The largest absolute Gasteiger partial charge is 0.504 e. The van der Waals surface area contributed by atoms with Crippen molar-refractivity contribution in [3.05, 3.63) is 113 Å². The molecule has 71 heavy (non-hydrogen) atoms. The van der Waals surface area contributed by atoms with Crippen LogP contribution in [0.5, 0.6) is 86.2 Å². The zero-order valence-corrected chi connectivity index (χ0v) is 47.2. The number of rotatable bonds is 16. The quantitative estimate of drug-likeness (QED) is 0.0616. The van der Waals surface area contributed by atoms with E-state index >= 15 is 0 Å². The van der Waals surface area contributed by atoms with Crippen molar-refractivity contribution < 1.29 is 122 Å². The van der Waals surface area contributed by atoms with Crippen LogP contribution in [0.25, 0.3) is 45.8 Å². The van der Waals surface area contributed by atoms with Crippen molar-refractivity contribution in [1.82, 2.24) is 0 Å². The molecule has 0 aromatic heterocycles. The Morgan fingerprint density at radius 3 is 0.986 bits per heavy atom. The first-order valence-corrected chi connectivity index (χ1v) is 21.0. The number of phenolic OH excluding ortho intramolecular Hbond substituents is 3. The van der Waals surface area contributed by atoms with Crippen LogP contribution in [0.4, 0.5) is 0 Å². The van der Waals surface area contributed by atoms with Crippen LogP contribution in [0.15, 0.2) is 91.0 Å². The predicted molar refractivity (Wildman–Crippen MR) is 269 cm³/mol. The summed E-state index contributed by atoms with van der Waals surface area (Å²) in [6, 6.07) is 27.0. The van der Waals surface area contributed by atoms with Gasteiger partial charge in [-0.05, 0) is 105 Å². The molecule has 373 valence electrons. The summed E-state index contributed by atoms with van der Waals surface area (Å²) < 4.78 is 63.6. The molecular weight excluding hydrogens is 1180 g/mol. The third kappa shape index (κ3) is 14.0. The summed E-state index contributed by atoms with van der Waals surface area (Å²) in [5.74, 6) is 6.73. The monoisotopic (exact) mass is 1240 g/mol. The Morgan fingerprint density at radius 1 is 0.296 bits per heavy atom. The molecule has 1 radical (unpaired) electrons. The first-order valence-electron chi connectivity index (χ1n) is 21.0. The molecule has 0 saturated carbocycles. The zero-order chi connectivity index (χ0) is 50.2. The number of methoxy groups -OCH3 is 12. The normalized spacial score (nSPS) is 10.4. The Balaban J connectivity index is 0.000000278. The van der Waals surface area contributed by atoms with Gasteiger partial charge in [0.1, 0.15) is 0 Å². The number of hydrogen-bond donors (Lipinski definition) is 3. The molecule has 0 spiro atoms. The number of phenols is 3. The summed E-state index contributed by atoms with van der Waals surface area (Å²) in [5.41, 5.74) is 3.46. The minimum atomic E-state index is 0. The Labute approximate surface area is 449 Å². The first-order chi connectivity index (χ1) is 33.4. The Kier molecular flexibility index (Phi) is 23.2. The van der Waals surface area contributed by atoms with E-state index in [1.54, 1.807) is 100 Å². The van der Waals surface area contributed by atoms with Gasteiger partial charge in [0, 0.05) is 55.1 Å². The number of aromatic hydroxyl groups is 3. The number of ether oxygens (including phenoxy) is 12. The fourth-order valence-electron chi connectivity index (χ4n) is 7.27. The van der Waals surface area contributed by atoms with Crippen LogP contribution in [0.1, 0.15) is 22.3 Å².